The number of halogens is 1. The van der Waals surface area contributed by atoms with Gasteiger partial charge >= 0.3 is 0 Å². The first-order valence-electron chi connectivity index (χ1n) is 9.13. The smallest absolute Gasteiger partial charge is 0.274 e. The largest absolute Gasteiger partial charge is 0.333 e. The molecule has 2 aromatic carbocycles. The van der Waals surface area contributed by atoms with Gasteiger partial charge in [-0.3, -0.25) is 4.79 Å². The first-order valence-corrected chi connectivity index (χ1v) is 9.13. The molecule has 0 saturated heterocycles. The molecule has 0 aliphatic carbocycles. The molecule has 4 rings (SSSR count). The van der Waals surface area contributed by atoms with E-state index in [-0.39, 0.29) is 11.4 Å². The van der Waals surface area contributed by atoms with Crippen LogP contribution in [0.15, 0.2) is 67.3 Å². The minimum absolute atomic E-state index is 0.0814. The van der Waals surface area contributed by atoms with Crippen LogP contribution in [0.1, 0.15) is 21.7 Å². The predicted molar refractivity (Wildman–Crippen MR) is 110 cm³/mol. The van der Waals surface area contributed by atoms with Crippen molar-refractivity contribution in [2.24, 2.45) is 0 Å². The summed E-state index contributed by atoms with van der Waals surface area (Å²) in [5.41, 5.74) is 2.79. The Bertz CT molecular complexity index is 1250. The number of aromatic nitrogens is 4. The van der Waals surface area contributed by atoms with Crippen LogP contribution in [0.3, 0.4) is 0 Å². The van der Waals surface area contributed by atoms with E-state index in [1.807, 2.05) is 4.57 Å². The third kappa shape index (κ3) is 3.95. The lowest BCUT2D eigenvalue weighted by Gasteiger charge is -2.11. The number of nitrogens with one attached hydrogen (secondary N) is 1. The summed E-state index contributed by atoms with van der Waals surface area (Å²) in [6, 6.07) is 13.0. The van der Waals surface area contributed by atoms with Crippen molar-refractivity contribution >= 4 is 17.3 Å². The quantitative estimate of drug-likeness (QED) is 0.506. The molecule has 30 heavy (non-hydrogen) atoms. The van der Waals surface area contributed by atoms with Crippen molar-refractivity contribution in [1.29, 1.82) is 0 Å². The maximum atomic E-state index is 14.4. The number of rotatable bonds is 5. The van der Waals surface area contributed by atoms with Crippen molar-refractivity contribution in [2.75, 3.05) is 5.32 Å². The monoisotopic (exact) mass is 400 g/mol. The third-order valence-electron chi connectivity index (χ3n) is 4.47. The number of amides is 1. The van der Waals surface area contributed by atoms with Crippen LogP contribution in [0.25, 0.3) is 10.5 Å². The minimum atomic E-state index is -0.532. The average Bonchev–Trinajstić information content (AvgIpc) is 3.40. The van der Waals surface area contributed by atoms with Crippen LogP contribution in [-0.2, 0) is 6.54 Å². The molecular formula is C22H17FN6O. The number of nitrogens with zero attached hydrogens (tertiary/aromatic N) is 5. The first kappa shape index (κ1) is 19.1. The molecule has 1 N–H and O–H groups in total. The Morgan fingerprint density at radius 2 is 2.10 bits per heavy atom. The molecule has 0 radical (unpaired) electrons. The Labute approximate surface area is 172 Å². The van der Waals surface area contributed by atoms with Crippen LogP contribution in [-0.4, -0.2) is 25.2 Å². The van der Waals surface area contributed by atoms with Gasteiger partial charge in [-0.25, -0.2) is 18.9 Å². The van der Waals surface area contributed by atoms with Gasteiger partial charge in [0.15, 0.2) is 5.69 Å². The lowest BCUT2D eigenvalue weighted by Crippen LogP contribution is -2.18. The number of carbonyl (C=O) groups excluding carboxylic acids is 1. The van der Waals surface area contributed by atoms with Gasteiger partial charge in [0.2, 0.25) is 0 Å². The van der Waals surface area contributed by atoms with Gasteiger partial charge in [-0.2, -0.15) is 5.10 Å². The molecule has 0 aliphatic heterocycles. The fraction of sp³-hybridized carbons (Fsp3) is 0.0909. The van der Waals surface area contributed by atoms with Crippen molar-refractivity contribution in [1.82, 2.24) is 19.3 Å². The Morgan fingerprint density at radius 1 is 1.23 bits per heavy atom. The highest BCUT2D eigenvalue weighted by Gasteiger charge is 2.17. The van der Waals surface area contributed by atoms with Crippen molar-refractivity contribution in [3.05, 3.63) is 101 Å². The van der Waals surface area contributed by atoms with Gasteiger partial charge in [0.25, 0.3) is 5.91 Å². The Kier molecular flexibility index (Phi) is 5.09. The number of imidazole rings is 1. The normalized spacial score (nSPS) is 10.6. The van der Waals surface area contributed by atoms with Crippen molar-refractivity contribution in [3.63, 3.8) is 0 Å². The van der Waals surface area contributed by atoms with Crippen molar-refractivity contribution in [2.45, 2.75) is 13.5 Å². The van der Waals surface area contributed by atoms with Crippen molar-refractivity contribution < 1.29 is 9.18 Å². The van der Waals surface area contributed by atoms with Gasteiger partial charge in [-0.15, -0.1) is 0 Å². The maximum absolute atomic E-state index is 14.4. The molecule has 0 bridgehead atoms. The number of anilines is 1. The van der Waals surface area contributed by atoms with Crippen molar-refractivity contribution in [3.8, 4) is 5.69 Å². The molecule has 0 unspecified atom stereocenters. The summed E-state index contributed by atoms with van der Waals surface area (Å²) in [7, 11) is 0. The summed E-state index contributed by atoms with van der Waals surface area (Å²) in [6.45, 7) is 9.44. The lowest BCUT2D eigenvalue weighted by molar-refractivity contribution is 0.101. The minimum Gasteiger partial charge on any atom is -0.333 e. The molecule has 0 atom stereocenters. The van der Waals surface area contributed by atoms with E-state index in [2.05, 4.69) is 20.2 Å². The zero-order valence-corrected chi connectivity index (χ0v) is 16.1. The topological polar surface area (TPSA) is 69.1 Å². The van der Waals surface area contributed by atoms with E-state index in [1.54, 1.807) is 68.1 Å². The van der Waals surface area contributed by atoms with Gasteiger partial charge in [0.1, 0.15) is 11.5 Å². The zero-order valence-electron chi connectivity index (χ0n) is 16.1. The molecule has 4 aromatic rings. The van der Waals surface area contributed by atoms with Gasteiger partial charge in [-0.05, 0) is 42.8 Å². The zero-order chi connectivity index (χ0) is 21.1. The molecule has 7 nitrogen and oxygen atoms in total. The molecule has 1 amide bonds. The Balaban J connectivity index is 1.63. The van der Waals surface area contributed by atoms with Gasteiger partial charge < -0.3 is 9.88 Å². The highest BCUT2D eigenvalue weighted by Crippen LogP contribution is 2.22. The summed E-state index contributed by atoms with van der Waals surface area (Å²) in [5.74, 6) is -1.03. The number of hydrogen-bond donors (Lipinski definition) is 1. The summed E-state index contributed by atoms with van der Waals surface area (Å²) in [4.78, 5) is 20.3. The van der Waals surface area contributed by atoms with Gasteiger partial charge in [-0.1, -0.05) is 18.2 Å². The van der Waals surface area contributed by atoms with E-state index in [1.165, 1.54) is 10.7 Å². The average molecular weight is 400 g/mol. The standard InChI is InChI=1S/C22H17FN6O/c1-15-10-21(29(27-15)18-5-3-4-17(12-18)24-2)22(30)26-20-11-16(6-7-19(20)23)13-28-9-8-25-14-28/h3-12,14H,13H2,1H3,(H,26,30). The van der Waals surface area contributed by atoms with E-state index in [0.717, 1.165) is 5.56 Å². The second kappa shape index (κ2) is 8.01. The Hall–Kier alpha value is -4.25. The first-order chi connectivity index (χ1) is 14.5. The predicted octanol–water partition coefficient (Wildman–Crippen LogP) is 4.37. The molecule has 8 heteroatoms. The number of benzene rings is 2. The third-order valence-corrected chi connectivity index (χ3v) is 4.47. The number of aryl methyl sites for hydroxylation is 1. The van der Waals surface area contributed by atoms with E-state index in [4.69, 9.17) is 6.57 Å². The van der Waals surface area contributed by atoms with Crippen LogP contribution < -0.4 is 5.32 Å². The Morgan fingerprint density at radius 3 is 2.87 bits per heavy atom. The van der Waals surface area contributed by atoms with Gasteiger partial charge in [0, 0.05) is 18.9 Å². The molecule has 0 fully saturated rings. The molecule has 148 valence electrons. The van der Waals surface area contributed by atoms with E-state index < -0.39 is 11.7 Å². The summed E-state index contributed by atoms with van der Waals surface area (Å²) < 4.78 is 17.7. The number of hydrogen-bond acceptors (Lipinski definition) is 3. The maximum Gasteiger partial charge on any atom is 0.274 e. The second-order valence-corrected chi connectivity index (χ2v) is 6.72. The molecule has 2 heterocycles. The fourth-order valence-corrected chi connectivity index (χ4v) is 3.10. The molecule has 0 saturated carbocycles. The van der Waals surface area contributed by atoms with E-state index in [0.29, 0.717) is 23.6 Å². The van der Waals surface area contributed by atoms with Crippen LogP contribution in [0.4, 0.5) is 15.8 Å². The van der Waals surface area contributed by atoms with Crippen LogP contribution in [0.5, 0.6) is 0 Å². The molecule has 0 spiro atoms. The summed E-state index contributed by atoms with van der Waals surface area (Å²) >= 11 is 0. The molecular weight excluding hydrogens is 383 g/mol. The fourth-order valence-electron chi connectivity index (χ4n) is 3.10. The van der Waals surface area contributed by atoms with Crippen LogP contribution in [0.2, 0.25) is 0 Å². The SMILES string of the molecule is [C-]#[N+]c1cccc(-n2nc(C)cc2C(=O)Nc2cc(Cn3ccnc3)ccc2F)c1. The van der Waals surface area contributed by atoms with E-state index >= 15 is 0 Å². The van der Waals surface area contributed by atoms with Gasteiger partial charge in [0.05, 0.1) is 30.0 Å². The second-order valence-electron chi connectivity index (χ2n) is 6.72. The molecule has 0 aliphatic rings. The van der Waals surface area contributed by atoms with Crippen LogP contribution in [0, 0.1) is 19.3 Å². The molecule has 2 aromatic heterocycles. The van der Waals surface area contributed by atoms with E-state index in [9.17, 15) is 9.18 Å². The van der Waals surface area contributed by atoms with Crippen LogP contribution >= 0.6 is 0 Å². The lowest BCUT2D eigenvalue weighted by atomic mass is 10.2. The number of carbonyl (C=O) groups is 1. The summed E-state index contributed by atoms with van der Waals surface area (Å²) in [6.07, 6.45) is 5.14. The highest BCUT2D eigenvalue weighted by molar-refractivity contribution is 6.03. The summed E-state index contributed by atoms with van der Waals surface area (Å²) in [5, 5.41) is 7.00. The highest BCUT2D eigenvalue weighted by atomic mass is 19.1.